The average molecular weight is 385 g/mol. The number of para-hydroxylation sites is 1. The lowest BCUT2D eigenvalue weighted by atomic mass is 10.1. The minimum Gasteiger partial charge on any atom is -0.394 e. The average Bonchev–Trinajstić information content (AvgIpc) is 2.69. The van der Waals surface area contributed by atoms with E-state index < -0.39 is 11.6 Å². The van der Waals surface area contributed by atoms with Gasteiger partial charge < -0.3 is 15.7 Å². The van der Waals surface area contributed by atoms with Crippen LogP contribution in [0.15, 0.2) is 48.8 Å². The Bertz CT molecular complexity index is 917. The van der Waals surface area contributed by atoms with Crippen molar-refractivity contribution in [1.29, 1.82) is 0 Å². The molecular formula is C20H21F2N5O. The van der Waals surface area contributed by atoms with E-state index in [9.17, 15) is 13.9 Å². The summed E-state index contributed by atoms with van der Waals surface area (Å²) < 4.78 is 28.1. The highest BCUT2D eigenvalue weighted by atomic mass is 19.1. The van der Waals surface area contributed by atoms with Gasteiger partial charge in [-0.1, -0.05) is 19.9 Å². The molecule has 146 valence electrons. The Morgan fingerprint density at radius 2 is 1.82 bits per heavy atom. The monoisotopic (exact) mass is 385 g/mol. The zero-order valence-electron chi connectivity index (χ0n) is 15.5. The molecule has 2 aromatic heterocycles. The molecule has 2 heterocycles. The standard InChI is InChI=1S/C20H21F2N5O/c1-12(2)17(11-28)25-20-24-16(13-5-4-8-23-10-13)9-18(27-20)26-19-14(21)6-3-7-15(19)22/h3-10,12,17,28H,11H2,1-2H3,(H2,24,25,26,27)/t17-/m1/s1. The number of nitrogens with zero attached hydrogens (tertiary/aromatic N) is 3. The summed E-state index contributed by atoms with van der Waals surface area (Å²) in [6.07, 6.45) is 3.27. The Morgan fingerprint density at radius 1 is 1.07 bits per heavy atom. The summed E-state index contributed by atoms with van der Waals surface area (Å²) in [4.78, 5) is 12.8. The lowest BCUT2D eigenvalue weighted by molar-refractivity contribution is 0.248. The number of nitrogens with one attached hydrogen (secondary N) is 2. The highest BCUT2D eigenvalue weighted by molar-refractivity contribution is 5.67. The number of halogens is 2. The molecule has 3 N–H and O–H groups in total. The van der Waals surface area contributed by atoms with Crippen LogP contribution in [0.1, 0.15) is 13.8 Å². The fourth-order valence-corrected chi connectivity index (χ4v) is 2.57. The smallest absolute Gasteiger partial charge is 0.225 e. The molecule has 1 atom stereocenters. The summed E-state index contributed by atoms with van der Waals surface area (Å²) in [6, 6.07) is 8.50. The van der Waals surface area contributed by atoms with Crippen molar-refractivity contribution in [1.82, 2.24) is 15.0 Å². The highest BCUT2D eigenvalue weighted by Gasteiger charge is 2.16. The van der Waals surface area contributed by atoms with Crippen LogP contribution < -0.4 is 10.6 Å². The summed E-state index contributed by atoms with van der Waals surface area (Å²) in [5, 5.41) is 15.3. The van der Waals surface area contributed by atoms with E-state index in [0.717, 1.165) is 17.7 Å². The van der Waals surface area contributed by atoms with Gasteiger partial charge in [-0.25, -0.2) is 13.8 Å². The summed E-state index contributed by atoms with van der Waals surface area (Å²) in [5.74, 6) is -0.900. The van der Waals surface area contributed by atoms with Crippen molar-refractivity contribution in [3.8, 4) is 11.3 Å². The molecule has 3 rings (SSSR count). The van der Waals surface area contributed by atoms with E-state index in [-0.39, 0.29) is 36.0 Å². The Hall–Kier alpha value is -3.13. The van der Waals surface area contributed by atoms with Crippen molar-refractivity contribution in [2.24, 2.45) is 5.92 Å². The number of benzene rings is 1. The minimum absolute atomic E-state index is 0.108. The molecular weight excluding hydrogens is 364 g/mol. The number of aliphatic hydroxyl groups is 1. The highest BCUT2D eigenvalue weighted by Crippen LogP contribution is 2.26. The zero-order chi connectivity index (χ0) is 20.1. The normalized spacial score (nSPS) is 12.1. The largest absolute Gasteiger partial charge is 0.394 e. The molecule has 6 nitrogen and oxygen atoms in total. The van der Waals surface area contributed by atoms with Crippen LogP contribution in [0.25, 0.3) is 11.3 Å². The number of hydrogen-bond donors (Lipinski definition) is 3. The molecule has 0 aliphatic carbocycles. The summed E-state index contributed by atoms with van der Waals surface area (Å²) in [6.45, 7) is 3.79. The molecule has 28 heavy (non-hydrogen) atoms. The molecule has 0 unspecified atom stereocenters. The molecule has 8 heteroatoms. The first-order valence-corrected chi connectivity index (χ1v) is 8.86. The van der Waals surface area contributed by atoms with E-state index >= 15 is 0 Å². The van der Waals surface area contributed by atoms with E-state index in [1.807, 2.05) is 19.9 Å². The lowest BCUT2D eigenvalue weighted by Crippen LogP contribution is -2.30. The fourth-order valence-electron chi connectivity index (χ4n) is 2.57. The van der Waals surface area contributed by atoms with Crippen LogP contribution in [0.3, 0.4) is 0 Å². The molecule has 0 saturated heterocycles. The van der Waals surface area contributed by atoms with Gasteiger partial charge in [-0.05, 0) is 30.2 Å². The van der Waals surface area contributed by atoms with E-state index in [1.54, 1.807) is 24.5 Å². The van der Waals surface area contributed by atoms with Crippen molar-refractivity contribution in [3.05, 3.63) is 60.4 Å². The van der Waals surface area contributed by atoms with E-state index in [0.29, 0.717) is 5.69 Å². The second-order valence-corrected chi connectivity index (χ2v) is 6.60. The maximum Gasteiger partial charge on any atom is 0.225 e. The van der Waals surface area contributed by atoms with Gasteiger partial charge in [-0.3, -0.25) is 4.98 Å². The van der Waals surface area contributed by atoms with Crippen LogP contribution in [0.5, 0.6) is 0 Å². The van der Waals surface area contributed by atoms with Gasteiger partial charge >= 0.3 is 0 Å². The molecule has 0 fully saturated rings. The van der Waals surface area contributed by atoms with Crippen LogP contribution in [-0.4, -0.2) is 32.7 Å². The van der Waals surface area contributed by atoms with Crippen molar-refractivity contribution < 1.29 is 13.9 Å². The van der Waals surface area contributed by atoms with Crippen LogP contribution in [0, 0.1) is 17.6 Å². The van der Waals surface area contributed by atoms with Gasteiger partial charge in [0.25, 0.3) is 0 Å². The first-order valence-electron chi connectivity index (χ1n) is 8.86. The Morgan fingerprint density at radius 3 is 2.43 bits per heavy atom. The number of hydrogen-bond acceptors (Lipinski definition) is 6. The van der Waals surface area contributed by atoms with Gasteiger partial charge in [-0.2, -0.15) is 4.98 Å². The van der Waals surface area contributed by atoms with Gasteiger partial charge in [0.2, 0.25) is 5.95 Å². The maximum absolute atomic E-state index is 14.0. The molecule has 0 aliphatic heterocycles. The molecule has 0 amide bonds. The SMILES string of the molecule is CC(C)[C@@H](CO)Nc1nc(Nc2c(F)cccc2F)cc(-c2cccnc2)n1. The van der Waals surface area contributed by atoms with Gasteiger partial charge in [-0.15, -0.1) is 0 Å². The number of aromatic nitrogens is 3. The van der Waals surface area contributed by atoms with Crippen molar-refractivity contribution in [2.75, 3.05) is 17.2 Å². The van der Waals surface area contributed by atoms with Crippen LogP contribution in [0.4, 0.5) is 26.2 Å². The fraction of sp³-hybridized carbons (Fsp3) is 0.250. The van der Waals surface area contributed by atoms with E-state index in [2.05, 4.69) is 25.6 Å². The topological polar surface area (TPSA) is 83.0 Å². The minimum atomic E-state index is -0.730. The Kier molecular flexibility index (Phi) is 6.10. The predicted molar refractivity (Wildman–Crippen MR) is 104 cm³/mol. The van der Waals surface area contributed by atoms with Crippen molar-refractivity contribution in [2.45, 2.75) is 19.9 Å². The maximum atomic E-state index is 14.0. The van der Waals surface area contributed by atoms with Crippen LogP contribution in [0.2, 0.25) is 0 Å². The number of anilines is 3. The number of rotatable bonds is 7. The molecule has 1 aromatic carbocycles. The van der Waals surface area contributed by atoms with Crippen LogP contribution >= 0.6 is 0 Å². The predicted octanol–water partition coefficient (Wildman–Crippen LogP) is 3.99. The van der Waals surface area contributed by atoms with Crippen molar-refractivity contribution >= 4 is 17.5 Å². The zero-order valence-corrected chi connectivity index (χ0v) is 15.5. The van der Waals surface area contributed by atoms with Crippen molar-refractivity contribution in [3.63, 3.8) is 0 Å². The van der Waals surface area contributed by atoms with Gasteiger partial charge in [0.15, 0.2) is 0 Å². The first-order chi connectivity index (χ1) is 13.5. The summed E-state index contributed by atoms with van der Waals surface area (Å²) in [7, 11) is 0. The molecule has 0 spiro atoms. The third-order valence-corrected chi connectivity index (χ3v) is 4.22. The first kappa shape index (κ1) is 19.6. The molecule has 3 aromatic rings. The van der Waals surface area contributed by atoms with E-state index in [1.165, 1.54) is 6.07 Å². The third kappa shape index (κ3) is 4.58. The molecule has 0 radical (unpaired) electrons. The summed E-state index contributed by atoms with van der Waals surface area (Å²) >= 11 is 0. The molecule has 0 bridgehead atoms. The van der Waals surface area contributed by atoms with Crippen LogP contribution in [-0.2, 0) is 0 Å². The second kappa shape index (κ2) is 8.71. The molecule has 0 aliphatic rings. The second-order valence-electron chi connectivity index (χ2n) is 6.60. The van der Waals surface area contributed by atoms with E-state index in [4.69, 9.17) is 0 Å². The lowest BCUT2D eigenvalue weighted by Gasteiger charge is -2.20. The van der Waals surface area contributed by atoms with Gasteiger partial charge in [0.1, 0.15) is 23.1 Å². The Labute approximate surface area is 161 Å². The quantitative estimate of drug-likeness (QED) is 0.570. The van der Waals surface area contributed by atoms with Gasteiger partial charge in [0.05, 0.1) is 18.3 Å². The number of pyridine rings is 1. The summed E-state index contributed by atoms with van der Waals surface area (Å²) in [5.41, 5.74) is 0.937. The third-order valence-electron chi connectivity index (χ3n) is 4.22. The molecule has 0 saturated carbocycles. The number of aliphatic hydroxyl groups excluding tert-OH is 1. The van der Waals surface area contributed by atoms with Gasteiger partial charge in [0, 0.05) is 24.0 Å². The Balaban J connectivity index is 2.02.